The third-order valence-corrected chi connectivity index (χ3v) is 7.38. The molecule has 2 N–H and O–H groups in total. The topological polar surface area (TPSA) is 105 Å². The summed E-state index contributed by atoms with van der Waals surface area (Å²) in [6, 6.07) is 14.0. The molecule has 0 radical (unpaired) electrons. The highest BCUT2D eigenvalue weighted by molar-refractivity contribution is 7.89. The number of ether oxygens (including phenoxy) is 1. The van der Waals surface area contributed by atoms with Gasteiger partial charge in [-0.15, -0.1) is 0 Å². The molecule has 0 aromatic heterocycles. The van der Waals surface area contributed by atoms with Crippen LogP contribution in [0.4, 0.5) is 0 Å². The number of benzene rings is 2. The van der Waals surface area contributed by atoms with Crippen LogP contribution in [0.15, 0.2) is 53.4 Å². The normalized spacial score (nSPS) is 14.8. The molecule has 9 heteroatoms. The molecule has 1 aliphatic rings. The van der Waals surface area contributed by atoms with E-state index in [-0.39, 0.29) is 23.8 Å². The lowest BCUT2D eigenvalue weighted by atomic mass is 10.1. The van der Waals surface area contributed by atoms with Gasteiger partial charge in [-0.05, 0) is 61.6 Å². The van der Waals surface area contributed by atoms with Crippen molar-refractivity contribution in [3.05, 3.63) is 59.7 Å². The van der Waals surface area contributed by atoms with Gasteiger partial charge in [-0.3, -0.25) is 20.4 Å². The van der Waals surface area contributed by atoms with Gasteiger partial charge in [0.1, 0.15) is 5.75 Å². The fraction of sp³-hybridized carbons (Fsp3) is 0.417. The smallest absolute Gasteiger partial charge is 0.276 e. The molecule has 0 saturated carbocycles. The standard InChI is InChI=1S/C24H31N3O5S/c1-19-7-6-8-21(17-19)32-18-24(29)26-25-23(28)14-11-20-9-12-22(13-10-20)33(30,31)27-15-4-2-3-5-16-27/h6-10,12-13,17H,2-5,11,14-16,18H2,1H3,(H,25,28)(H,26,29). The summed E-state index contributed by atoms with van der Waals surface area (Å²) in [5.74, 6) is -0.231. The fourth-order valence-electron chi connectivity index (χ4n) is 3.61. The Hall–Kier alpha value is -2.91. The summed E-state index contributed by atoms with van der Waals surface area (Å²) in [6.07, 6.45) is 4.48. The third kappa shape index (κ3) is 7.57. The first-order valence-electron chi connectivity index (χ1n) is 11.2. The highest BCUT2D eigenvalue weighted by atomic mass is 32.2. The number of nitrogens with zero attached hydrogens (tertiary/aromatic N) is 1. The van der Waals surface area contributed by atoms with Crippen LogP contribution in [-0.2, 0) is 26.0 Å². The Morgan fingerprint density at radius 2 is 1.61 bits per heavy atom. The van der Waals surface area contributed by atoms with Gasteiger partial charge in [-0.25, -0.2) is 8.42 Å². The van der Waals surface area contributed by atoms with Crippen molar-refractivity contribution >= 4 is 21.8 Å². The van der Waals surface area contributed by atoms with Crippen molar-refractivity contribution in [3.63, 3.8) is 0 Å². The van der Waals surface area contributed by atoms with E-state index >= 15 is 0 Å². The van der Waals surface area contributed by atoms with E-state index in [0.29, 0.717) is 25.3 Å². The molecule has 1 aliphatic heterocycles. The van der Waals surface area contributed by atoms with Crippen LogP contribution >= 0.6 is 0 Å². The third-order valence-electron chi connectivity index (χ3n) is 5.47. The molecule has 8 nitrogen and oxygen atoms in total. The molecule has 2 aromatic carbocycles. The Bertz CT molecular complexity index is 1050. The number of rotatable bonds is 8. The van der Waals surface area contributed by atoms with Crippen LogP contribution in [-0.4, -0.2) is 44.2 Å². The van der Waals surface area contributed by atoms with Crippen LogP contribution in [0.3, 0.4) is 0 Å². The van der Waals surface area contributed by atoms with Gasteiger partial charge in [0.05, 0.1) is 4.90 Å². The van der Waals surface area contributed by atoms with Crippen molar-refractivity contribution in [1.82, 2.24) is 15.2 Å². The molecule has 1 fully saturated rings. The summed E-state index contributed by atoms with van der Waals surface area (Å²) in [5.41, 5.74) is 6.55. The summed E-state index contributed by atoms with van der Waals surface area (Å²) < 4.78 is 32.6. The number of carbonyl (C=O) groups excluding carboxylic acids is 2. The lowest BCUT2D eigenvalue weighted by Gasteiger charge is -2.20. The van der Waals surface area contributed by atoms with E-state index in [9.17, 15) is 18.0 Å². The van der Waals surface area contributed by atoms with Crippen LogP contribution in [0.5, 0.6) is 5.75 Å². The molecule has 1 heterocycles. The van der Waals surface area contributed by atoms with Crippen LogP contribution in [0.1, 0.15) is 43.2 Å². The van der Waals surface area contributed by atoms with Crippen molar-refractivity contribution in [2.45, 2.75) is 50.3 Å². The number of hydrogen-bond donors (Lipinski definition) is 2. The largest absolute Gasteiger partial charge is 0.484 e. The Balaban J connectivity index is 1.41. The zero-order chi connectivity index (χ0) is 23.7. The maximum atomic E-state index is 12.8. The molecule has 0 unspecified atom stereocenters. The lowest BCUT2D eigenvalue weighted by molar-refractivity contribution is -0.130. The van der Waals surface area contributed by atoms with Crippen LogP contribution in [0.25, 0.3) is 0 Å². The van der Waals surface area contributed by atoms with E-state index in [4.69, 9.17) is 4.74 Å². The molecule has 0 aliphatic carbocycles. The van der Waals surface area contributed by atoms with E-state index in [1.165, 1.54) is 0 Å². The van der Waals surface area contributed by atoms with E-state index < -0.39 is 15.9 Å². The molecule has 2 aromatic rings. The molecule has 0 atom stereocenters. The Morgan fingerprint density at radius 3 is 2.27 bits per heavy atom. The fourth-order valence-corrected chi connectivity index (χ4v) is 5.13. The highest BCUT2D eigenvalue weighted by Crippen LogP contribution is 2.21. The van der Waals surface area contributed by atoms with E-state index in [2.05, 4.69) is 10.9 Å². The van der Waals surface area contributed by atoms with Gasteiger partial charge < -0.3 is 4.74 Å². The quantitative estimate of drug-likeness (QED) is 0.574. The summed E-state index contributed by atoms with van der Waals surface area (Å²) in [7, 11) is -3.48. The summed E-state index contributed by atoms with van der Waals surface area (Å²) in [4.78, 5) is 24.2. The number of nitrogens with one attached hydrogen (secondary N) is 2. The van der Waals surface area contributed by atoms with Crippen molar-refractivity contribution in [3.8, 4) is 5.75 Å². The molecule has 2 amide bonds. The molecule has 1 saturated heterocycles. The molecule has 33 heavy (non-hydrogen) atoms. The molecule has 3 rings (SSSR count). The van der Waals surface area contributed by atoms with Gasteiger partial charge in [0.25, 0.3) is 5.91 Å². The van der Waals surface area contributed by atoms with Crippen LogP contribution < -0.4 is 15.6 Å². The summed E-state index contributed by atoms with van der Waals surface area (Å²) in [5, 5.41) is 0. The van der Waals surface area contributed by atoms with Crippen molar-refractivity contribution in [2.75, 3.05) is 19.7 Å². The average molecular weight is 474 g/mol. The van der Waals surface area contributed by atoms with Gasteiger partial charge in [0, 0.05) is 19.5 Å². The minimum Gasteiger partial charge on any atom is -0.484 e. The monoisotopic (exact) mass is 473 g/mol. The van der Waals surface area contributed by atoms with Crippen LogP contribution in [0.2, 0.25) is 0 Å². The predicted octanol–water partition coefficient (Wildman–Crippen LogP) is 2.72. The second kappa shape index (κ2) is 11.8. The zero-order valence-corrected chi connectivity index (χ0v) is 19.7. The van der Waals surface area contributed by atoms with Gasteiger partial charge in [0.15, 0.2) is 6.61 Å². The van der Waals surface area contributed by atoms with Gasteiger partial charge in [0.2, 0.25) is 15.9 Å². The Morgan fingerprint density at radius 1 is 0.939 bits per heavy atom. The Kier molecular flexibility index (Phi) is 8.85. The van der Waals surface area contributed by atoms with Crippen molar-refractivity contribution in [2.24, 2.45) is 0 Å². The predicted molar refractivity (Wildman–Crippen MR) is 125 cm³/mol. The average Bonchev–Trinajstić information content (AvgIpc) is 3.11. The first-order chi connectivity index (χ1) is 15.8. The van der Waals surface area contributed by atoms with Crippen molar-refractivity contribution in [1.29, 1.82) is 0 Å². The lowest BCUT2D eigenvalue weighted by Crippen LogP contribution is -2.43. The maximum absolute atomic E-state index is 12.8. The molecular formula is C24H31N3O5S. The minimum atomic E-state index is -3.48. The van der Waals surface area contributed by atoms with Crippen molar-refractivity contribution < 1.29 is 22.7 Å². The first kappa shape index (κ1) is 24.7. The van der Waals surface area contributed by atoms with Crippen LogP contribution in [0, 0.1) is 6.92 Å². The van der Waals surface area contributed by atoms with Gasteiger partial charge in [-0.2, -0.15) is 4.31 Å². The number of hydrazine groups is 1. The minimum absolute atomic E-state index is 0.150. The number of amides is 2. The number of carbonyl (C=O) groups is 2. The maximum Gasteiger partial charge on any atom is 0.276 e. The molecule has 178 valence electrons. The number of hydrogen-bond acceptors (Lipinski definition) is 5. The highest BCUT2D eigenvalue weighted by Gasteiger charge is 2.24. The molecule has 0 spiro atoms. The molecular weight excluding hydrogens is 442 g/mol. The van der Waals surface area contributed by atoms with Gasteiger partial charge in [-0.1, -0.05) is 37.1 Å². The van der Waals surface area contributed by atoms with E-state index in [1.54, 1.807) is 34.6 Å². The zero-order valence-electron chi connectivity index (χ0n) is 18.9. The number of sulfonamides is 1. The second-order valence-electron chi connectivity index (χ2n) is 8.16. The molecule has 0 bridgehead atoms. The van der Waals surface area contributed by atoms with E-state index in [1.807, 2.05) is 25.1 Å². The Labute approximate surface area is 195 Å². The second-order valence-corrected chi connectivity index (χ2v) is 10.1. The number of aryl methyl sites for hydroxylation is 2. The van der Waals surface area contributed by atoms with Gasteiger partial charge >= 0.3 is 0 Å². The first-order valence-corrected chi connectivity index (χ1v) is 12.6. The summed E-state index contributed by atoms with van der Waals surface area (Å²) >= 11 is 0. The van der Waals surface area contributed by atoms with E-state index in [0.717, 1.165) is 36.8 Å². The SMILES string of the molecule is Cc1cccc(OCC(=O)NNC(=O)CCc2ccc(S(=O)(=O)N3CCCCCC3)cc2)c1. The summed E-state index contributed by atoms with van der Waals surface area (Å²) in [6.45, 7) is 2.84.